The monoisotopic (exact) mass is 473 g/mol. The Kier molecular flexibility index (Phi) is 6.21. The molecule has 1 fully saturated rings. The van der Waals surface area contributed by atoms with Crippen molar-refractivity contribution < 1.29 is 4.79 Å². The quantitative estimate of drug-likeness (QED) is 0.395. The Morgan fingerprint density at radius 1 is 1.03 bits per heavy atom. The van der Waals surface area contributed by atoms with Crippen molar-refractivity contribution in [1.82, 2.24) is 24.8 Å². The van der Waals surface area contributed by atoms with Gasteiger partial charge in [-0.15, -0.1) is 0 Å². The molecule has 9 heteroatoms. The molecule has 0 aliphatic carbocycles. The van der Waals surface area contributed by atoms with Crippen LogP contribution in [-0.2, 0) is 6.42 Å². The Bertz CT molecular complexity index is 1330. The van der Waals surface area contributed by atoms with Crippen LogP contribution in [0.25, 0.3) is 21.5 Å². The minimum absolute atomic E-state index is 0.0267. The summed E-state index contributed by atoms with van der Waals surface area (Å²) in [6, 6.07) is 9.59. The van der Waals surface area contributed by atoms with Gasteiger partial charge in [-0.3, -0.25) is 9.78 Å². The van der Waals surface area contributed by atoms with Gasteiger partial charge in [0, 0.05) is 69.8 Å². The Hall–Kier alpha value is -3.43. The van der Waals surface area contributed by atoms with Crippen molar-refractivity contribution in [2.45, 2.75) is 6.42 Å². The molecule has 4 aromatic heterocycles. The third kappa shape index (κ3) is 4.76. The Balaban J connectivity index is 1.35. The fourth-order valence-electron chi connectivity index (χ4n) is 3.95. The first-order valence-corrected chi connectivity index (χ1v) is 12.1. The standard InChI is InChI=1S/C25H27N7OS/c1-30(2)25-28-16-23(34-25)20-5-4-18-15-27-19(13-21(18)29-20)14-22(33)17-6-7-26-24(12-17)32-10-8-31(3)9-11-32/h4-7,12-13,15-16H,8-11,14H2,1-3H3. The van der Waals surface area contributed by atoms with E-state index in [-0.39, 0.29) is 12.2 Å². The van der Waals surface area contributed by atoms with E-state index < -0.39 is 0 Å². The molecular formula is C25H27N7OS. The van der Waals surface area contributed by atoms with E-state index in [0.717, 1.165) is 58.6 Å². The Labute approximate surface area is 202 Å². The van der Waals surface area contributed by atoms with Gasteiger partial charge < -0.3 is 14.7 Å². The Morgan fingerprint density at radius 3 is 2.62 bits per heavy atom. The summed E-state index contributed by atoms with van der Waals surface area (Å²) in [6.45, 7) is 3.82. The lowest BCUT2D eigenvalue weighted by Gasteiger charge is -2.33. The summed E-state index contributed by atoms with van der Waals surface area (Å²) >= 11 is 1.60. The maximum absolute atomic E-state index is 13.1. The van der Waals surface area contributed by atoms with E-state index in [0.29, 0.717) is 11.3 Å². The van der Waals surface area contributed by atoms with E-state index in [2.05, 4.69) is 31.8 Å². The van der Waals surface area contributed by atoms with Gasteiger partial charge >= 0.3 is 0 Å². The number of hydrogen-bond donors (Lipinski definition) is 0. The van der Waals surface area contributed by atoms with Gasteiger partial charge in [0.15, 0.2) is 10.9 Å². The number of thiazole rings is 1. The fraction of sp³-hybridized carbons (Fsp3) is 0.320. The lowest BCUT2D eigenvalue weighted by atomic mass is 10.1. The molecular weight excluding hydrogens is 446 g/mol. The van der Waals surface area contributed by atoms with Crippen LogP contribution in [-0.4, -0.2) is 77.9 Å². The maximum Gasteiger partial charge on any atom is 0.185 e. The summed E-state index contributed by atoms with van der Waals surface area (Å²) in [6.07, 6.45) is 5.58. The average molecular weight is 474 g/mol. The smallest absolute Gasteiger partial charge is 0.185 e. The van der Waals surface area contributed by atoms with Gasteiger partial charge in [-0.25, -0.2) is 15.0 Å². The highest BCUT2D eigenvalue weighted by atomic mass is 32.1. The van der Waals surface area contributed by atoms with Crippen molar-refractivity contribution in [2.75, 3.05) is 57.1 Å². The first kappa shape index (κ1) is 22.4. The largest absolute Gasteiger partial charge is 0.354 e. The number of likely N-dealkylation sites (N-methyl/N-ethyl adjacent to an activating group) is 1. The molecule has 1 aliphatic heterocycles. The first-order valence-electron chi connectivity index (χ1n) is 11.3. The minimum Gasteiger partial charge on any atom is -0.354 e. The minimum atomic E-state index is 0.0267. The van der Waals surface area contributed by atoms with Crippen molar-refractivity contribution in [3.8, 4) is 10.6 Å². The third-order valence-corrected chi connectivity index (χ3v) is 7.18. The molecule has 4 aromatic rings. The molecule has 0 aromatic carbocycles. The molecule has 0 unspecified atom stereocenters. The zero-order valence-electron chi connectivity index (χ0n) is 19.6. The van der Waals surface area contributed by atoms with Crippen LogP contribution in [0, 0.1) is 0 Å². The van der Waals surface area contributed by atoms with Crippen LogP contribution in [0.15, 0.2) is 48.9 Å². The molecule has 1 saturated heterocycles. The second-order valence-electron chi connectivity index (χ2n) is 8.76. The molecule has 8 nitrogen and oxygen atoms in total. The Morgan fingerprint density at radius 2 is 1.85 bits per heavy atom. The number of nitrogens with zero attached hydrogens (tertiary/aromatic N) is 7. The second kappa shape index (κ2) is 9.44. The summed E-state index contributed by atoms with van der Waals surface area (Å²) in [5, 5.41) is 1.88. The normalized spacial score (nSPS) is 14.5. The maximum atomic E-state index is 13.1. The van der Waals surface area contributed by atoms with Gasteiger partial charge in [-0.2, -0.15) is 0 Å². The zero-order valence-corrected chi connectivity index (χ0v) is 20.4. The third-order valence-electron chi connectivity index (χ3n) is 6.00. The molecule has 0 spiro atoms. The number of aromatic nitrogens is 4. The number of pyridine rings is 3. The average Bonchev–Trinajstić information content (AvgIpc) is 3.35. The van der Waals surface area contributed by atoms with Gasteiger partial charge in [0.1, 0.15) is 5.82 Å². The van der Waals surface area contributed by atoms with Crippen molar-refractivity contribution in [1.29, 1.82) is 0 Å². The number of carbonyl (C=O) groups is 1. The second-order valence-corrected chi connectivity index (χ2v) is 9.77. The van der Waals surface area contributed by atoms with E-state index in [1.807, 2.05) is 49.5 Å². The summed E-state index contributed by atoms with van der Waals surface area (Å²) in [4.78, 5) is 38.9. The van der Waals surface area contributed by atoms with E-state index in [1.165, 1.54) is 0 Å². The molecule has 0 amide bonds. The van der Waals surface area contributed by atoms with Crippen LogP contribution in [0.5, 0.6) is 0 Å². The zero-order chi connectivity index (χ0) is 23.7. The molecule has 34 heavy (non-hydrogen) atoms. The first-order chi connectivity index (χ1) is 16.5. The predicted molar refractivity (Wildman–Crippen MR) is 137 cm³/mol. The van der Waals surface area contributed by atoms with E-state index in [4.69, 9.17) is 4.98 Å². The number of Topliss-reactive ketones (excluding diaryl/α,β-unsaturated/α-hetero) is 1. The number of anilines is 2. The van der Waals surface area contributed by atoms with Gasteiger partial charge in [0.25, 0.3) is 0 Å². The van der Waals surface area contributed by atoms with Gasteiger partial charge in [0.2, 0.25) is 0 Å². The van der Waals surface area contributed by atoms with Crippen LogP contribution >= 0.6 is 11.3 Å². The van der Waals surface area contributed by atoms with Crippen LogP contribution in [0.2, 0.25) is 0 Å². The summed E-state index contributed by atoms with van der Waals surface area (Å²) < 4.78 is 0. The van der Waals surface area contributed by atoms with E-state index in [9.17, 15) is 4.79 Å². The van der Waals surface area contributed by atoms with Gasteiger partial charge in [-0.05, 0) is 37.4 Å². The van der Waals surface area contributed by atoms with Crippen LogP contribution in [0.4, 0.5) is 10.9 Å². The molecule has 174 valence electrons. The number of fused-ring (bicyclic) bond motifs is 1. The molecule has 0 bridgehead atoms. The molecule has 1 aliphatic rings. The summed E-state index contributed by atoms with van der Waals surface area (Å²) in [5.74, 6) is 0.886. The highest BCUT2D eigenvalue weighted by Gasteiger charge is 2.17. The molecule has 5 rings (SSSR count). The van der Waals surface area contributed by atoms with Crippen LogP contribution < -0.4 is 9.80 Å². The summed E-state index contributed by atoms with van der Waals surface area (Å²) in [5.41, 5.74) is 3.06. The molecule has 5 heterocycles. The number of hydrogen-bond acceptors (Lipinski definition) is 9. The number of piperazine rings is 1. The van der Waals surface area contributed by atoms with E-state index >= 15 is 0 Å². The number of ketones is 1. The number of rotatable bonds is 6. The SMILES string of the molecule is CN1CCN(c2cc(C(=O)Cc3cc4nc(-c5cnc(N(C)C)s5)ccc4cn3)ccn2)CC1. The summed E-state index contributed by atoms with van der Waals surface area (Å²) in [7, 11) is 6.07. The van der Waals surface area contributed by atoms with Gasteiger partial charge in [0.05, 0.1) is 28.2 Å². The van der Waals surface area contributed by atoms with Crippen LogP contribution in [0.1, 0.15) is 16.1 Å². The van der Waals surface area contributed by atoms with Crippen molar-refractivity contribution in [2.24, 2.45) is 0 Å². The predicted octanol–water partition coefficient (Wildman–Crippen LogP) is 3.39. The van der Waals surface area contributed by atoms with Crippen molar-refractivity contribution in [3.63, 3.8) is 0 Å². The fourth-order valence-corrected chi connectivity index (χ4v) is 4.76. The van der Waals surface area contributed by atoms with Crippen molar-refractivity contribution >= 4 is 39.0 Å². The molecule has 0 N–H and O–H groups in total. The lowest BCUT2D eigenvalue weighted by Crippen LogP contribution is -2.44. The van der Waals surface area contributed by atoms with Gasteiger partial charge in [-0.1, -0.05) is 11.3 Å². The van der Waals surface area contributed by atoms with E-state index in [1.54, 1.807) is 29.8 Å². The van der Waals surface area contributed by atoms with Crippen molar-refractivity contribution in [3.05, 3.63) is 60.2 Å². The van der Waals surface area contributed by atoms with Crippen LogP contribution in [0.3, 0.4) is 0 Å². The highest BCUT2D eigenvalue weighted by molar-refractivity contribution is 7.18. The topological polar surface area (TPSA) is 78.4 Å². The molecule has 0 atom stereocenters. The molecule has 0 radical (unpaired) electrons. The number of carbonyl (C=O) groups excluding carboxylic acids is 1. The lowest BCUT2D eigenvalue weighted by molar-refractivity contribution is 0.0992. The molecule has 0 saturated carbocycles. The highest BCUT2D eigenvalue weighted by Crippen LogP contribution is 2.30.